The van der Waals surface area contributed by atoms with Crippen molar-refractivity contribution < 1.29 is 18.7 Å². The van der Waals surface area contributed by atoms with Gasteiger partial charge in [0.2, 0.25) is 5.91 Å². The van der Waals surface area contributed by atoms with Crippen molar-refractivity contribution in [1.82, 2.24) is 0 Å². The van der Waals surface area contributed by atoms with E-state index in [-0.39, 0.29) is 11.7 Å². The third-order valence-corrected chi connectivity index (χ3v) is 2.94. The van der Waals surface area contributed by atoms with Gasteiger partial charge in [0, 0.05) is 35.5 Å². The maximum atomic E-state index is 13.4. The number of amides is 1. The number of methoxy groups -OCH3 is 2. The van der Waals surface area contributed by atoms with E-state index in [1.165, 1.54) is 32.4 Å². The van der Waals surface area contributed by atoms with Crippen LogP contribution in [-0.2, 0) is 4.79 Å². The van der Waals surface area contributed by atoms with Crippen LogP contribution in [0.25, 0.3) is 6.08 Å². The van der Waals surface area contributed by atoms with Crippen molar-refractivity contribution in [1.29, 1.82) is 0 Å². The normalized spacial score (nSPS) is 10.5. The molecule has 0 atom stereocenters. The number of halogens is 1. The van der Waals surface area contributed by atoms with Gasteiger partial charge in [0.25, 0.3) is 0 Å². The van der Waals surface area contributed by atoms with E-state index in [9.17, 15) is 9.18 Å². The number of carbonyl (C=O) groups excluding carboxylic acids is 1. The Labute approximate surface area is 128 Å². The Morgan fingerprint density at radius 2 is 1.73 bits per heavy atom. The quantitative estimate of drug-likeness (QED) is 0.860. The lowest BCUT2D eigenvalue weighted by Gasteiger charge is -2.08. The Morgan fingerprint density at radius 3 is 2.32 bits per heavy atom. The number of hydrogen-bond donors (Lipinski definition) is 1. The molecule has 1 amide bonds. The third kappa shape index (κ3) is 4.09. The van der Waals surface area contributed by atoms with Gasteiger partial charge in [-0.05, 0) is 12.1 Å². The van der Waals surface area contributed by atoms with Crippen molar-refractivity contribution in [3.05, 3.63) is 59.9 Å². The molecule has 2 rings (SSSR count). The number of rotatable bonds is 5. The maximum absolute atomic E-state index is 13.4. The van der Waals surface area contributed by atoms with Gasteiger partial charge in [-0.1, -0.05) is 18.2 Å². The van der Waals surface area contributed by atoms with Crippen LogP contribution in [0.3, 0.4) is 0 Å². The maximum Gasteiger partial charge on any atom is 0.248 e. The zero-order valence-electron chi connectivity index (χ0n) is 12.3. The minimum absolute atomic E-state index is 0.348. The van der Waals surface area contributed by atoms with Crippen molar-refractivity contribution in [2.45, 2.75) is 0 Å². The summed E-state index contributed by atoms with van der Waals surface area (Å²) >= 11 is 0. The SMILES string of the molecule is COc1cc(NC(=O)C=Cc2ccccc2F)cc(OC)c1. The van der Waals surface area contributed by atoms with Crippen molar-refractivity contribution in [3.63, 3.8) is 0 Å². The number of hydrogen-bond acceptors (Lipinski definition) is 3. The van der Waals surface area contributed by atoms with Gasteiger partial charge in [0.15, 0.2) is 0 Å². The highest BCUT2D eigenvalue weighted by molar-refractivity contribution is 6.02. The molecule has 0 radical (unpaired) electrons. The molecule has 2 aromatic carbocycles. The molecule has 114 valence electrons. The molecule has 0 aliphatic rings. The summed E-state index contributed by atoms with van der Waals surface area (Å²) in [6.07, 6.45) is 2.69. The highest BCUT2D eigenvalue weighted by atomic mass is 19.1. The van der Waals surface area contributed by atoms with Gasteiger partial charge < -0.3 is 14.8 Å². The first-order valence-electron chi connectivity index (χ1n) is 6.59. The van der Waals surface area contributed by atoms with Gasteiger partial charge in [0.1, 0.15) is 17.3 Å². The monoisotopic (exact) mass is 301 g/mol. The molecule has 4 nitrogen and oxygen atoms in total. The highest BCUT2D eigenvalue weighted by Gasteiger charge is 2.04. The van der Waals surface area contributed by atoms with Gasteiger partial charge >= 0.3 is 0 Å². The van der Waals surface area contributed by atoms with Gasteiger partial charge in [-0.3, -0.25) is 4.79 Å². The summed E-state index contributed by atoms with van der Waals surface area (Å²) in [7, 11) is 3.05. The molecule has 0 heterocycles. The van der Waals surface area contributed by atoms with Crippen LogP contribution >= 0.6 is 0 Å². The van der Waals surface area contributed by atoms with E-state index in [1.807, 2.05) is 0 Å². The standard InChI is InChI=1S/C17H16FNO3/c1-21-14-9-13(10-15(11-14)22-2)19-17(20)8-7-12-5-3-4-6-16(12)18/h3-11H,1-2H3,(H,19,20). The number of anilines is 1. The molecular weight excluding hydrogens is 285 g/mol. The van der Waals surface area contributed by atoms with Crippen molar-refractivity contribution in [2.24, 2.45) is 0 Å². The molecule has 22 heavy (non-hydrogen) atoms. The molecule has 2 aromatic rings. The van der Waals surface area contributed by atoms with Gasteiger partial charge in [0.05, 0.1) is 14.2 Å². The van der Waals surface area contributed by atoms with Gasteiger partial charge in [-0.2, -0.15) is 0 Å². The molecule has 1 N–H and O–H groups in total. The average Bonchev–Trinajstić information content (AvgIpc) is 2.53. The Hall–Kier alpha value is -2.82. The fraction of sp³-hybridized carbons (Fsp3) is 0.118. The topological polar surface area (TPSA) is 47.6 Å². The van der Waals surface area contributed by atoms with Crippen LogP contribution < -0.4 is 14.8 Å². The zero-order chi connectivity index (χ0) is 15.9. The molecule has 0 unspecified atom stereocenters. The molecule has 0 aromatic heterocycles. The lowest BCUT2D eigenvalue weighted by atomic mass is 10.2. The summed E-state index contributed by atoms with van der Waals surface area (Å²) in [5.41, 5.74) is 0.875. The van der Waals surface area contributed by atoms with Crippen LogP contribution in [-0.4, -0.2) is 20.1 Å². The first-order valence-corrected chi connectivity index (χ1v) is 6.59. The summed E-state index contributed by atoms with van der Waals surface area (Å²) in [5.74, 6) is 0.369. The molecular formula is C17H16FNO3. The lowest BCUT2D eigenvalue weighted by Crippen LogP contribution is -2.08. The van der Waals surface area contributed by atoms with Crippen LogP contribution in [0.5, 0.6) is 11.5 Å². The van der Waals surface area contributed by atoms with E-state index >= 15 is 0 Å². The minimum Gasteiger partial charge on any atom is -0.497 e. The third-order valence-electron chi connectivity index (χ3n) is 2.94. The van der Waals surface area contributed by atoms with E-state index in [0.717, 1.165) is 0 Å². The summed E-state index contributed by atoms with van der Waals surface area (Å²) in [4.78, 5) is 11.9. The lowest BCUT2D eigenvalue weighted by molar-refractivity contribution is -0.111. The van der Waals surface area contributed by atoms with E-state index in [0.29, 0.717) is 22.7 Å². The summed E-state index contributed by atoms with van der Waals surface area (Å²) < 4.78 is 23.7. The van der Waals surface area contributed by atoms with E-state index < -0.39 is 0 Å². The summed E-state index contributed by atoms with van der Waals surface area (Å²) in [5, 5.41) is 2.67. The molecule has 0 bridgehead atoms. The second-order valence-electron chi connectivity index (χ2n) is 4.45. The second-order valence-corrected chi connectivity index (χ2v) is 4.45. The molecule has 0 saturated carbocycles. The summed E-state index contributed by atoms with van der Waals surface area (Å²) in [6.45, 7) is 0. The molecule has 0 saturated heterocycles. The summed E-state index contributed by atoms with van der Waals surface area (Å²) in [6, 6.07) is 11.3. The Bertz CT molecular complexity index is 676. The molecule has 0 aliphatic heterocycles. The van der Waals surface area contributed by atoms with E-state index in [4.69, 9.17) is 9.47 Å². The zero-order valence-corrected chi connectivity index (χ0v) is 12.3. The minimum atomic E-state index is -0.380. The number of ether oxygens (including phenoxy) is 2. The van der Waals surface area contributed by atoms with Gasteiger partial charge in [-0.15, -0.1) is 0 Å². The molecule has 5 heteroatoms. The first kappa shape index (κ1) is 15.6. The van der Waals surface area contributed by atoms with Crippen LogP contribution in [0.4, 0.5) is 10.1 Å². The van der Waals surface area contributed by atoms with Crippen LogP contribution in [0, 0.1) is 5.82 Å². The highest BCUT2D eigenvalue weighted by Crippen LogP contribution is 2.25. The van der Waals surface area contributed by atoms with Crippen molar-refractivity contribution >= 4 is 17.7 Å². The van der Waals surface area contributed by atoms with E-state index in [1.54, 1.807) is 36.4 Å². The number of benzene rings is 2. The first-order chi connectivity index (χ1) is 10.6. The van der Waals surface area contributed by atoms with Crippen molar-refractivity contribution in [2.75, 3.05) is 19.5 Å². The van der Waals surface area contributed by atoms with Gasteiger partial charge in [-0.25, -0.2) is 4.39 Å². The fourth-order valence-electron chi connectivity index (χ4n) is 1.84. The number of nitrogens with one attached hydrogen (secondary N) is 1. The van der Waals surface area contributed by atoms with Crippen LogP contribution in [0.15, 0.2) is 48.5 Å². The molecule has 0 spiro atoms. The predicted molar refractivity (Wildman–Crippen MR) is 83.6 cm³/mol. The second kappa shape index (κ2) is 7.26. The molecule has 0 aliphatic carbocycles. The Balaban J connectivity index is 2.10. The largest absolute Gasteiger partial charge is 0.497 e. The van der Waals surface area contributed by atoms with Crippen LogP contribution in [0.2, 0.25) is 0 Å². The van der Waals surface area contributed by atoms with Crippen LogP contribution in [0.1, 0.15) is 5.56 Å². The Kier molecular flexibility index (Phi) is 5.14. The Morgan fingerprint density at radius 1 is 1.09 bits per heavy atom. The fourth-order valence-corrected chi connectivity index (χ4v) is 1.84. The van der Waals surface area contributed by atoms with E-state index in [2.05, 4.69) is 5.32 Å². The number of carbonyl (C=O) groups is 1. The average molecular weight is 301 g/mol. The van der Waals surface area contributed by atoms with Crippen molar-refractivity contribution in [3.8, 4) is 11.5 Å². The molecule has 0 fully saturated rings. The smallest absolute Gasteiger partial charge is 0.248 e. The predicted octanol–water partition coefficient (Wildman–Crippen LogP) is 3.49.